The SMILES string of the molecule is Cc1cc(NC(=O)C2CCCCC2(C)N)ccc1OC(C)C.Cl. The molecule has 2 atom stereocenters. The number of nitrogens with two attached hydrogens (primary N) is 1. The molecule has 0 heterocycles. The number of hydrogen-bond acceptors (Lipinski definition) is 3. The average Bonchev–Trinajstić information content (AvgIpc) is 2.40. The van der Waals surface area contributed by atoms with Crippen LogP contribution >= 0.6 is 12.4 Å². The summed E-state index contributed by atoms with van der Waals surface area (Å²) in [6.07, 6.45) is 4.10. The fourth-order valence-electron chi connectivity index (χ4n) is 3.13. The van der Waals surface area contributed by atoms with Crippen molar-refractivity contribution in [2.45, 2.75) is 65.0 Å². The van der Waals surface area contributed by atoms with Gasteiger partial charge in [-0.05, 0) is 64.3 Å². The number of anilines is 1. The van der Waals surface area contributed by atoms with Gasteiger partial charge in [0, 0.05) is 11.2 Å². The molecule has 2 unspecified atom stereocenters. The Morgan fingerprint density at radius 1 is 1.39 bits per heavy atom. The molecule has 2 rings (SSSR count). The van der Waals surface area contributed by atoms with Crippen LogP contribution in [-0.4, -0.2) is 17.6 Å². The summed E-state index contributed by atoms with van der Waals surface area (Å²) in [5.41, 5.74) is 7.72. The molecule has 0 radical (unpaired) electrons. The summed E-state index contributed by atoms with van der Waals surface area (Å²) in [5.74, 6) is 0.768. The number of benzene rings is 1. The van der Waals surface area contributed by atoms with E-state index in [1.54, 1.807) is 0 Å². The number of rotatable bonds is 4. The summed E-state index contributed by atoms with van der Waals surface area (Å²) in [6.45, 7) is 7.98. The van der Waals surface area contributed by atoms with E-state index in [-0.39, 0.29) is 30.3 Å². The van der Waals surface area contributed by atoms with Crippen molar-refractivity contribution in [3.8, 4) is 5.75 Å². The molecule has 1 aromatic carbocycles. The Morgan fingerprint density at radius 3 is 2.65 bits per heavy atom. The highest BCUT2D eigenvalue weighted by molar-refractivity contribution is 5.93. The number of ether oxygens (including phenoxy) is 1. The molecule has 1 aromatic rings. The van der Waals surface area contributed by atoms with E-state index in [2.05, 4.69) is 5.32 Å². The van der Waals surface area contributed by atoms with E-state index in [1.165, 1.54) is 0 Å². The third-order valence-corrected chi connectivity index (χ3v) is 4.38. The Hall–Kier alpha value is -1.26. The predicted molar refractivity (Wildman–Crippen MR) is 97.4 cm³/mol. The standard InChI is InChI=1S/C18H28N2O2.ClH/c1-12(2)22-16-9-8-14(11-13(16)3)20-17(21)15-7-5-6-10-18(15,4)19;/h8-9,11-12,15H,5-7,10,19H2,1-4H3,(H,20,21);1H. The smallest absolute Gasteiger partial charge is 0.229 e. The van der Waals surface area contributed by atoms with Crippen LogP contribution in [-0.2, 0) is 4.79 Å². The zero-order valence-corrected chi connectivity index (χ0v) is 15.3. The predicted octanol–water partition coefficient (Wildman–Crippen LogP) is 4.05. The number of aryl methyl sites for hydroxylation is 1. The minimum absolute atomic E-state index is 0. The van der Waals surface area contributed by atoms with Crippen LogP contribution in [0.15, 0.2) is 18.2 Å². The molecular weight excluding hydrogens is 312 g/mol. The normalized spacial score (nSPS) is 24.0. The van der Waals surface area contributed by atoms with Crippen LogP contribution in [0.4, 0.5) is 5.69 Å². The summed E-state index contributed by atoms with van der Waals surface area (Å²) in [7, 11) is 0. The minimum Gasteiger partial charge on any atom is -0.491 e. The number of halogens is 1. The first-order valence-corrected chi connectivity index (χ1v) is 8.16. The van der Waals surface area contributed by atoms with E-state index in [0.29, 0.717) is 0 Å². The Kier molecular flexibility index (Phi) is 6.90. The van der Waals surface area contributed by atoms with Gasteiger partial charge in [0.25, 0.3) is 0 Å². The monoisotopic (exact) mass is 340 g/mol. The molecule has 130 valence electrons. The summed E-state index contributed by atoms with van der Waals surface area (Å²) >= 11 is 0. The number of hydrogen-bond donors (Lipinski definition) is 2. The van der Waals surface area contributed by atoms with Crippen LogP contribution < -0.4 is 15.8 Å². The van der Waals surface area contributed by atoms with Crippen LogP contribution in [0, 0.1) is 12.8 Å². The van der Waals surface area contributed by atoms with E-state index >= 15 is 0 Å². The van der Waals surface area contributed by atoms with Gasteiger partial charge in [0.15, 0.2) is 0 Å². The Balaban J connectivity index is 0.00000264. The van der Waals surface area contributed by atoms with Gasteiger partial charge < -0.3 is 15.8 Å². The fourth-order valence-corrected chi connectivity index (χ4v) is 3.13. The number of nitrogens with one attached hydrogen (secondary N) is 1. The number of carbonyl (C=O) groups excluding carboxylic acids is 1. The second kappa shape index (κ2) is 8.02. The van der Waals surface area contributed by atoms with Gasteiger partial charge >= 0.3 is 0 Å². The van der Waals surface area contributed by atoms with E-state index in [1.807, 2.05) is 45.9 Å². The first-order valence-electron chi connectivity index (χ1n) is 8.16. The van der Waals surface area contributed by atoms with Crippen molar-refractivity contribution in [1.29, 1.82) is 0 Å². The molecular formula is C18H29ClN2O2. The lowest BCUT2D eigenvalue weighted by Gasteiger charge is -2.37. The van der Waals surface area contributed by atoms with E-state index in [9.17, 15) is 4.79 Å². The minimum atomic E-state index is -0.405. The maximum atomic E-state index is 12.5. The summed E-state index contributed by atoms with van der Waals surface area (Å²) in [5, 5.41) is 3.01. The third-order valence-electron chi connectivity index (χ3n) is 4.38. The van der Waals surface area contributed by atoms with E-state index < -0.39 is 5.54 Å². The molecule has 5 heteroatoms. The second-order valence-corrected chi connectivity index (χ2v) is 6.94. The second-order valence-electron chi connectivity index (χ2n) is 6.94. The van der Waals surface area contributed by atoms with E-state index in [4.69, 9.17) is 10.5 Å². The lowest BCUT2D eigenvalue weighted by atomic mass is 9.74. The zero-order chi connectivity index (χ0) is 16.3. The summed E-state index contributed by atoms with van der Waals surface area (Å²) in [6, 6.07) is 5.75. The van der Waals surface area contributed by atoms with Crippen molar-refractivity contribution in [1.82, 2.24) is 0 Å². The van der Waals surface area contributed by atoms with Crippen molar-refractivity contribution in [2.24, 2.45) is 11.7 Å². The van der Waals surface area contributed by atoms with Crippen molar-refractivity contribution in [2.75, 3.05) is 5.32 Å². The molecule has 1 aliphatic rings. The maximum absolute atomic E-state index is 12.5. The first-order chi connectivity index (χ1) is 10.3. The Morgan fingerprint density at radius 2 is 2.09 bits per heavy atom. The van der Waals surface area contributed by atoms with Gasteiger partial charge in [-0.25, -0.2) is 0 Å². The third kappa shape index (κ3) is 5.11. The molecule has 0 aromatic heterocycles. The van der Waals surface area contributed by atoms with Crippen molar-refractivity contribution in [3.63, 3.8) is 0 Å². The molecule has 23 heavy (non-hydrogen) atoms. The highest BCUT2D eigenvalue weighted by Crippen LogP contribution is 2.33. The van der Waals surface area contributed by atoms with Gasteiger partial charge in [0.1, 0.15) is 5.75 Å². The highest BCUT2D eigenvalue weighted by atomic mass is 35.5. The van der Waals surface area contributed by atoms with Gasteiger partial charge in [0.2, 0.25) is 5.91 Å². The fraction of sp³-hybridized carbons (Fsp3) is 0.611. The molecule has 1 aliphatic carbocycles. The van der Waals surface area contributed by atoms with Crippen LogP contribution in [0.1, 0.15) is 52.0 Å². The molecule has 0 bridgehead atoms. The first kappa shape index (κ1) is 19.8. The Labute approximate surface area is 145 Å². The molecule has 0 aliphatic heterocycles. The lowest BCUT2D eigenvalue weighted by Crippen LogP contribution is -2.51. The van der Waals surface area contributed by atoms with Gasteiger partial charge in [-0.2, -0.15) is 0 Å². The Bertz CT molecular complexity index is 544. The molecule has 1 fully saturated rings. The van der Waals surface area contributed by atoms with Gasteiger partial charge in [-0.3, -0.25) is 4.79 Å². The molecule has 4 nitrogen and oxygen atoms in total. The summed E-state index contributed by atoms with van der Waals surface area (Å²) in [4.78, 5) is 12.5. The summed E-state index contributed by atoms with van der Waals surface area (Å²) < 4.78 is 5.72. The van der Waals surface area contributed by atoms with Crippen molar-refractivity contribution in [3.05, 3.63) is 23.8 Å². The average molecular weight is 341 g/mol. The molecule has 1 amide bonds. The van der Waals surface area contributed by atoms with Gasteiger partial charge in [0.05, 0.1) is 12.0 Å². The van der Waals surface area contributed by atoms with E-state index in [0.717, 1.165) is 42.7 Å². The topological polar surface area (TPSA) is 64.4 Å². The molecule has 1 saturated carbocycles. The maximum Gasteiger partial charge on any atom is 0.229 e. The van der Waals surface area contributed by atoms with Gasteiger partial charge in [-0.15, -0.1) is 12.4 Å². The van der Waals surface area contributed by atoms with Crippen molar-refractivity contribution < 1.29 is 9.53 Å². The number of carbonyl (C=O) groups is 1. The molecule has 0 saturated heterocycles. The lowest BCUT2D eigenvalue weighted by molar-refractivity contribution is -0.122. The number of amides is 1. The van der Waals surface area contributed by atoms with Crippen LogP contribution in [0.5, 0.6) is 5.75 Å². The van der Waals surface area contributed by atoms with Crippen molar-refractivity contribution >= 4 is 24.0 Å². The van der Waals surface area contributed by atoms with Crippen LogP contribution in [0.2, 0.25) is 0 Å². The zero-order valence-electron chi connectivity index (χ0n) is 14.5. The molecule has 0 spiro atoms. The quantitative estimate of drug-likeness (QED) is 0.869. The molecule has 3 N–H and O–H groups in total. The highest BCUT2D eigenvalue weighted by Gasteiger charge is 2.37. The van der Waals surface area contributed by atoms with Gasteiger partial charge in [-0.1, -0.05) is 12.8 Å². The van der Waals surface area contributed by atoms with Crippen LogP contribution in [0.3, 0.4) is 0 Å². The largest absolute Gasteiger partial charge is 0.491 e. The van der Waals surface area contributed by atoms with Crippen LogP contribution in [0.25, 0.3) is 0 Å².